The van der Waals surface area contributed by atoms with Gasteiger partial charge in [-0.15, -0.1) is 0 Å². The highest BCUT2D eigenvalue weighted by molar-refractivity contribution is 9.10. The van der Waals surface area contributed by atoms with Crippen LogP contribution >= 0.6 is 15.9 Å². The quantitative estimate of drug-likeness (QED) is 0.745. The van der Waals surface area contributed by atoms with Crippen molar-refractivity contribution in [2.45, 2.75) is 19.4 Å². The van der Waals surface area contributed by atoms with Gasteiger partial charge in [0.05, 0.1) is 17.8 Å². The molecule has 0 saturated heterocycles. The summed E-state index contributed by atoms with van der Waals surface area (Å²) in [6, 6.07) is 2.53. The fraction of sp³-hybridized carbons (Fsp3) is 0.300. The second kappa shape index (κ2) is 5.16. The predicted molar refractivity (Wildman–Crippen MR) is 63.8 cm³/mol. The molecule has 4 nitrogen and oxygen atoms in total. The van der Waals surface area contributed by atoms with Crippen molar-refractivity contribution in [3.63, 3.8) is 0 Å². The molecular formula is C10H12BrFN2O2. The lowest BCUT2D eigenvalue weighted by Gasteiger charge is -2.15. The minimum atomic E-state index is -0.922. The van der Waals surface area contributed by atoms with Gasteiger partial charge in [0, 0.05) is 10.5 Å². The maximum Gasteiger partial charge on any atom is 0.305 e. The highest BCUT2D eigenvalue weighted by atomic mass is 79.9. The van der Waals surface area contributed by atoms with Crippen LogP contribution in [0.4, 0.5) is 15.8 Å². The summed E-state index contributed by atoms with van der Waals surface area (Å²) < 4.78 is 13.8. The van der Waals surface area contributed by atoms with Crippen LogP contribution in [0.1, 0.15) is 13.3 Å². The molecule has 1 aromatic rings. The molecule has 0 radical (unpaired) electrons. The van der Waals surface area contributed by atoms with E-state index < -0.39 is 11.8 Å². The maximum atomic E-state index is 13.2. The monoisotopic (exact) mass is 290 g/mol. The first-order valence-electron chi connectivity index (χ1n) is 4.63. The highest BCUT2D eigenvalue weighted by Gasteiger charge is 2.11. The zero-order chi connectivity index (χ0) is 12.3. The fourth-order valence-electron chi connectivity index (χ4n) is 1.28. The summed E-state index contributed by atoms with van der Waals surface area (Å²) in [4.78, 5) is 10.5. The van der Waals surface area contributed by atoms with Gasteiger partial charge in [-0.05, 0) is 19.1 Å². The molecule has 0 fully saturated rings. The second-order valence-electron chi connectivity index (χ2n) is 3.49. The minimum absolute atomic E-state index is 0.0135. The number of halogens is 2. The molecule has 0 aliphatic carbocycles. The Morgan fingerprint density at radius 2 is 2.31 bits per heavy atom. The lowest BCUT2D eigenvalue weighted by atomic mass is 10.2. The number of rotatable bonds is 4. The molecule has 0 aliphatic rings. The number of benzene rings is 1. The summed E-state index contributed by atoms with van der Waals surface area (Å²) in [6.45, 7) is 1.69. The Kier molecular flexibility index (Phi) is 4.12. The number of nitrogens with one attached hydrogen (secondary N) is 1. The third-order valence-corrected chi connectivity index (χ3v) is 2.43. The van der Waals surface area contributed by atoms with Gasteiger partial charge in [-0.1, -0.05) is 15.9 Å². The van der Waals surface area contributed by atoms with E-state index in [9.17, 15) is 9.18 Å². The largest absolute Gasteiger partial charge is 0.481 e. The average Bonchev–Trinajstić information content (AvgIpc) is 2.11. The molecule has 1 aromatic carbocycles. The molecule has 0 unspecified atom stereocenters. The van der Waals surface area contributed by atoms with Crippen LogP contribution in [-0.4, -0.2) is 17.1 Å². The van der Waals surface area contributed by atoms with Crippen molar-refractivity contribution < 1.29 is 14.3 Å². The van der Waals surface area contributed by atoms with Gasteiger partial charge in [0.1, 0.15) is 5.82 Å². The molecule has 0 amide bonds. The van der Waals surface area contributed by atoms with E-state index in [0.29, 0.717) is 10.2 Å². The van der Waals surface area contributed by atoms with Gasteiger partial charge in [-0.3, -0.25) is 4.79 Å². The predicted octanol–water partition coefficient (Wildman–Crippen LogP) is 2.45. The molecule has 1 atom stereocenters. The van der Waals surface area contributed by atoms with E-state index in [1.807, 2.05) is 0 Å². The fourth-order valence-corrected chi connectivity index (χ4v) is 1.71. The lowest BCUT2D eigenvalue weighted by Crippen LogP contribution is -2.20. The molecule has 0 bridgehead atoms. The van der Waals surface area contributed by atoms with Gasteiger partial charge in [0.2, 0.25) is 0 Å². The Morgan fingerprint density at radius 3 is 2.88 bits per heavy atom. The highest BCUT2D eigenvalue weighted by Crippen LogP contribution is 2.27. The Morgan fingerprint density at radius 1 is 1.69 bits per heavy atom. The van der Waals surface area contributed by atoms with E-state index in [1.165, 1.54) is 6.07 Å². The SMILES string of the molecule is C[C@@H](CC(=O)O)Nc1cc(Br)cc(F)c1N. The van der Waals surface area contributed by atoms with Gasteiger partial charge in [-0.2, -0.15) is 0 Å². The van der Waals surface area contributed by atoms with Crippen LogP contribution in [0, 0.1) is 5.82 Å². The zero-order valence-electron chi connectivity index (χ0n) is 8.63. The number of carboxylic acid groups (broad SMARTS) is 1. The van der Waals surface area contributed by atoms with Gasteiger partial charge in [0.15, 0.2) is 0 Å². The summed E-state index contributed by atoms with van der Waals surface area (Å²) in [5.41, 5.74) is 5.90. The standard InChI is InChI=1S/C10H12BrFN2O2/c1-5(2-9(15)16)14-8-4-6(11)3-7(12)10(8)13/h3-5,14H,2,13H2,1H3,(H,15,16)/t5-/m0/s1. The number of nitrogens with two attached hydrogens (primary N) is 1. The van der Waals surface area contributed by atoms with Crippen molar-refractivity contribution in [2.75, 3.05) is 11.1 Å². The smallest absolute Gasteiger partial charge is 0.305 e. The summed E-state index contributed by atoms with van der Waals surface area (Å²) in [5, 5.41) is 11.4. The van der Waals surface area contributed by atoms with Crippen LogP contribution < -0.4 is 11.1 Å². The molecule has 6 heteroatoms. The van der Waals surface area contributed by atoms with Gasteiger partial charge in [0.25, 0.3) is 0 Å². The molecule has 88 valence electrons. The van der Waals surface area contributed by atoms with Crippen molar-refractivity contribution in [2.24, 2.45) is 0 Å². The first kappa shape index (κ1) is 12.8. The number of carboxylic acids is 1. The van der Waals surface area contributed by atoms with Gasteiger partial charge < -0.3 is 16.2 Å². The van der Waals surface area contributed by atoms with E-state index in [1.54, 1.807) is 13.0 Å². The number of hydrogen-bond donors (Lipinski definition) is 3. The van der Waals surface area contributed by atoms with Crippen molar-refractivity contribution in [1.82, 2.24) is 0 Å². The van der Waals surface area contributed by atoms with Crippen molar-refractivity contribution in [3.05, 3.63) is 22.4 Å². The molecule has 0 saturated carbocycles. The van der Waals surface area contributed by atoms with E-state index in [-0.39, 0.29) is 18.2 Å². The number of aliphatic carboxylic acids is 1. The van der Waals surface area contributed by atoms with Crippen molar-refractivity contribution in [3.8, 4) is 0 Å². The minimum Gasteiger partial charge on any atom is -0.481 e. The summed E-state index contributed by atoms with van der Waals surface area (Å²) in [7, 11) is 0. The number of nitrogen functional groups attached to an aromatic ring is 1. The third kappa shape index (κ3) is 3.37. The van der Waals surface area contributed by atoms with Crippen LogP contribution in [-0.2, 0) is 4.79 Å². The molecule has 4 N–H and O–H groups in total. The topological polar surface area (TPSA) is 75.3 Å². The van der Waals surface area contributed by atoms with Crippen LogP contribution in [0.2, 0.25) is 0 Å². The van der Waals surface area contributed by atoms with E-state index in [4.69, 9.17) is 10.8 Å². The van der Waals surface area contributed by atoms with Crippen LogP contribution in [0.25, 0.3) is 0 Å². The Labute approximate surface area is 101 Å². The summed E-state index contributed by atoms with van der Waals surface area (Å²) in [6.07, 6.45) is -0.0619. The summed E-state index contributed by atoms with van der Waals surface area (Å²) >= 11 is 3.14. The van der Waals surface area contributed by atoms with E-state index >= 15 is 0 Å². The first-order chi connectivity index (χ1) is 7.40. The third-order valence-electron chi connectivity index (χ3n) is 1.98. The Hall–Kier alpha value is -1.30. The second-order valence-corrected chi connectivity index (χ2v) is 4.41. The molecular weight excluding hydrogens is 279 g/mol. The number of carbonyl (C=O) groups is 1. The van der Waals surface area contributed by atoms with Crippen LogP contribution in [0.15, 0.2) is 16.6 Å². The van der Waals surface area contributed by atoms with Gasteiger partial charge >= 0.3 is 5.97 Å². The zero-order valence-corrected chi connectivity index (χ0v) is 10.2. The number of hydrogen-bond acceptors (Lipinski definition) is 3. The first-order valence-corrected chi connectivity index (χ1v) is 5.42. The van der Waals surface area contributed by atoms with Crippen molar-refractivity contribution in [1.29, 1.82) is 0 Å². The van der Waals surface area contributed by atoms with E-state index in [2.05, 4.69) is 21.2 Å². The molecule has 0 spiro atoms. The van der Waals surface area contributed by atoms with Crippen LogP contribution in [0.3, 0.4) is 0 Å². The normalized spacial score (nSPS) is 12.2. The molecule has 0 heterocycles. The molecule has 16 heavy (non-hydrogen) atoms. The Balaban J connectivity index is 2.84. The van der Waals surface area contributed by atoms with Gasteiger partial charge in [-0.25, -0.2) is 4.39 Å². The summed E-state index contributed by atoms with van der Waals surface area (Å²) in [5.74, 6) is -1.46. The lowest BCUT2D eigenvalue weighted by molar-refractivity contribution is -0.137. The van der Waals surface area contributed by atoms with E-state index in [0.717, 1.165) is 0 Å². The molecule has 0 aromatic heterocycles. The van der Waals surface area contributed by atoms with Crippen molar-refractivity contribution >= 4 is 33.3 Å². The molecule has 1 rings (SSSR count). The molecule has 0 aliphatic heterocycles. The Bertz CT molecular complexity index is 412. The van der Waals surface area contributed by atoms with Crippen LogP contribution in [0.5, 0.6) is 0 Å². The average molecular weight is 291 g/mol. The maximum absolute atomic E-state index is 13.2. The number of anilines is 2.